The van der Waals surface area contributed by atoms with Gasteiger partial charge < -0.3 is 4.74 Å². The highest BCUT2D eigenvalue weighted by Gasteiger charge is 2.16. The largest absolute Gasteiger partial charge is 0.469 e. The summed E-state index contributed by atoms with van der Waals surface area (Å²) in [5.74, 6) is 4.86. The highest BCUT2D eigenvalue weighted by atomic mass is 32.1. The molecular weight excluding hydrogens is 248 g/mol. The average molecular weight is 261 g/mol. The molecular formula is C8H13N4O2S2+. The topological polar surface area (TPSA) is 90.5 Å². The maximum Gasteiger partial charge on any atom is 0.339 e. The van der Waals surface area contributed by atoms with E-state index in [1.807, 2.05) is 6.92 Å². The molecule has 1 rings (SSSR count). The van der Waals surface area contributed by atoms with Crippen LogP contribution >= 0.6 is 23.6 Å². The van der Waals surface area contributed by atoms with Crippen LogP contribution < -0.4 is 21.6 Å². The molecule has 88 valence electrons. The summed E-state index contributed by atoms with van der Waals surface area (Å²) in [4.78, 5) is 15.1. The molecule has 8 heteroatoms. The Morgan fingerprint density at radius 1 is 1.69 bits per heavy atom. The predicted molar refractivity (Wildman–Crippen MR) is 64.9 cm³/mol. The second kappa shape index (κ2) is 5.73. The van der Waals surface area contributed by atoms with Gasteiger partial charge in [0, 0.05) is 0 Å². The van der Waals surface area contributed by atoms with E-state index in [4.69, 9.17) is 18.1 Å². The first-order chi connectivity index (χ1) is 7.56. The van der Waals surface area contributed by atoms with E-state index in [0.717, 1.165) is 15.7 Å². The van der Waals surface area contributed by atoms with E-state index in [1.54, 1.807) is 0 Å². The summed E-state index contributed by atoms with van der Waals surface area (Å²) in [6.45, 7) is 1.87. The van der Waals surface area contributed by atoms with Gasteiger partial charge in [-0.05, 0) is 19.1 Å². The third-order valence-corrected chi connectivity index (χ3v) is 3.16. The number of carbonyl (C=O) groups excluding carboxylic acids is 1. The van der Waals surface area contributed by atoms with Crippen molar-refractivity contribution in [2.24, 2.45) is 5.84 Å². The summed E-state index contributed by atoms with van der Waals surface area (Å²) in [6, 6.07) is 0. The highest BCUT2D eigenvalue weighted by Crippen LogP contribution is 2.19. The molecule has 0 fully saturated rings. The van der Waals surface area contributed by atoms with E-state index in [-0.39, 0.29) is 12.4 Å². The lowest BCUT2D eigenvalue weighted by Crippen LogP contribution is -2.35. The number of thiazole rings is 1. The van der Waals surface area contributed by atoms with Gasteiger partial charge in [0.25, 0.3) is 5.11 Å². The van der Waals surface area contributed by atoms with Crippen LogP contribution in [0, 0.1) is 6.92 Å². The number of methoxy groups -OCH3 is 1. The number of H-pyrrole nitrogens is 1. The molecule has 0 spiro atoms. The van der Waals surface area contributed by atoms with Crippen molar-refractivity contribution < 1.29 is 14.5 Å². The van der Waals surface area contributed by atoms with Crippen molar-refractivity contribution in [2.75, 3.05) is 12.4 Å². The first kappa shape index (κ1) is 12.8. The average Bonchev–Trinajstić information content (AvgIpc) is 2.58. The van der Waals surface area contributed by atoms with Gasteiger partial charge in [-0.15, -0.1) is 0 Å². The highest BCUT2D eigenvalue weighted by molar-refractivity contribution is 7.80. The number of carbonyl (C=O) groups is 1. The van der Waals surface area contributed by atoms with Gasteiger partial charge in [-0.3, -0.25) is 10.2 Å². The minimum absolute atomic E-state index is 0.244. The Bertz CT molecular complexity index is 405. The minimum Gasteiger partial charge on any atom is -0.469 e. The Morgan fingerprint density at radius 2 is 2.38 bits per heavy atom. The van der Waals surface area contributed by atoms with Crippen molar-refractivity contribution in [3.05, 3.63) is 10.6 Å². The molecule has 1 aromatic heterocycles. The standard InChI is InChI=1S/C8H12N4O2S2/c1-4-5(3-6(13)14-2)16-8(10-4)11-7(15)12-9/h3,9H2,1-2H3,(H2,10,11,12,15)/p+1. The molecule has 16 heavy (non-hydrogen) atoms. The van der Waals surface area contributed by atoms with E-state index in [1.165, 1.54) is 18.4 Å². The van der Waals surface area contributed by atoms with E-state index in [2.05, 4.69) is 20.5 Å². The first-order valence-corrected chi connectivity index (χ1v) is 5.65. The maximum atomic E-state index is 11.1. The van der Waals surface area contributed by atoms with Gasteiger partial charge in [0.15, 0.2) is 0 Å². The number of nitrogens with one attached hydrogen (secondary N) is 3. The Morgan fingerprint density at radius 3 is 2.94 bits per heavy atom. The predicted octanol–water partition coefficient (Wildman–Crippen LogP) is -0.254. The zero-order chi connectivity index (χ0) is 12.1. The second-order valence-electron chi connectivity index (χ2n) is 2.96. The molecule has 0 saturated heterocycles. The molecule has 0 unspecified atom stereocenters. The SMILES string of the molecule is COC(=O)Cc1sc(NC(=S)NN)[nH+]c1C. The van der Waals surface area contributed by atoms with E-state index >= 15 is 0 Å². The van der Waals surface area contributed by atoms with Crippen LogP contribution in [0.15, 0.2) is 0 Å². The maximum absolute atomic E-state index is 11.1. The molecule has 1 aromatic rings. The fourth-order valence-corrected chi connectivity index (χ4v) is 2.20. The molecule has 1 heterocycles. The van der Waals surface area contributed by atoms with Gasteiger partial charge >= 0.3 is 11.1 Å². The number of anilines is 1. The summed E-state index contributed by atoms with van der Waals surface area (Å²) >= 11 is 6.24. The van der Waals surface area contributed by atoms with Gasteiger partial charge in [-0.2, -0.15) is 0 Å². The number of aryl methyl sites for hydroxylation is 1. The van der Waals surface area contributed by atoms with Crippen molar-refractivity contribution >= 4 is 39.8 Å². The van der Waals surface area contributed by atoms with Crippen LogP contribution in [0.4, 0.5) is 5.13 Å². The van der Waals surface area contributed by atoms with Crippen LogP contribution in [-0.2, 0) is 16.0 Å². The number of esters is 1. The summed E-state index contributed by atoms with van der Waals surface area (Å²) in [6.07, 6.45) is 0.244. The van der Waals surface area contributed by atoms with Gasteiger partial charge in [-0.1, -0.05) is 11.3 Å². The van der Waals surface area contributed by atoms with Crippen molar-refractivity contribution in [3.8, 4) is 0 Å². The molecule has 5 N–H and O–H groups in total. The van der Waals surface area contributed by atoms with Crippen LogP contribution in [0.5, 0.6) is 0 Å². The van der Waals surface area contributed by atoms with Crippen molar-refractivity contribution in [3.63, 3.8) is 0 Å². The summed E-state index contributed by atoms with van der Waals surface area (Å²) < 4.78 is 4.60. The fraction of sp³-hybridized carbons (Fsp3) is 0.375. The van der Waals surface area contributed by atoms with Crippen LogP contribution in [0.3, 0.4) is 0 Å². The van der Waals surface area contributed by atoms with Gasteiger partial charge in [-0.25, -0.2) is 16.1 Å². The van der Waals surface area contributed by atoms with Gasteiger partial charge in [0.05, 0.1) is 18.4 Å². The summed E-state index contributed by atoms with van der Waals surface area (Å²) in [7, 11) is 1.36. The number of nitrogens with two attached hydrogens (primary N) is 1. The quantitative estimate of drug-likeness (QED) is 0.301. The molecule has 0 saturated carbocycles. The number of ether oxygens (including phenoxy) is 1. The Hall–Kier alpha value is -1.25. The number of aromatic amines is 1. The molecule has 0 bridgehead atoms. The number of hydrogen-bond donors (Lipinski definition) is 3. The van der Waals surface area contributed by atoms with Gasteiger partial charge in [0.1, 0.15) is 5.69 Å². The molecule has 0 amide bonds. The molecule has 0 radical (unpaired) electrons. The smallest absolute Gasteiger partial charge is 0.339 e. The fourth-order valence-electron chi connectivity index (χ4n) is 1.03. The summed E-state index contributed by atoms with van der Waals surface area (Å²) in [5, 5.41) is 3.88. The van der Waals surface area contributed by atoms with Gasteiger partial charge in [0.2, 0.25) is 0 Å². The Labute approximate surface area is 102 Å². The molecule has 0 aromatic carbocycles. The second-order valence-corrected chi connectivity index (χ2v) is 4.47. The van der Waals surface area contributed by atoms with E-state index in [0.29, 0.717) is 5.11 Å². The van der Waals surface area contributed by atoms with Crippen LogP contribution in [0.25, 0.3) is 0 Å². The van der Waals surface area contributed by atoms with E-state index in [9.17, 15) is 4.79 Å². The van der Waals surface area contributed by atoms with Crippen molar-refractivity contribution in [2.45, 2.75) is 13.3 Å². The zero-order valence-corrected chi connectivity index (χ0v) is 10.6. The Kier molecular flexibility index (Phi) is 4.59. The normalized spacial score (nSPS) is 9.69. The molecule has 0 atom stereocenters. The van der Waals surface area contributed by atoms with Crippen LogP contribution in [-0.4, -0.2) is 18.2 Å². The molecule has 0 aliphatic carbocycles. The number of thiocarbonyl (C=S) groups is 1. The first-order valence-electron chi connectivity index (χ1n) is 4.42. The number of hydrogen-bond acceptors (Lipinski definition) is 5. The number of aromatic nitrogens is 1. The third kappa shape index (κ3) is 3.40. The molecule has 0 aliphatic rings. The third-order valence-electron chi connectivity index (χ3n) is 1.84. The van der Waals surface area contributed by atoms with Crippen LogP contribution in [0.2, 0.25) is 0 Å². The zero-order valence-electron chi connectivity index (χ0n) is 8.92. The van der Waals surface area contributed by atoms with Crippen molar-refractivity contribution in [1.82, 2.24) is 5.43 Å². The van der Waals surface area contributed by atoms with Crippen LogP contribution in [0.1, 0.15) is 10.6 Å². The number of hydrazine groups is 1. The lowest BCUT2D eigenvalue weighted by Gasteiger charge is -1.94. The monoisotopic (exact) mass is 261 g/mol. The van der Waals surface area contributed by atoms with Crippen molar-refractivity contribution in [1.29, 1.82) is 0 Å². The Balaban J connectivity index is 2.73. The summed E-state index contributed by atoms with van der Waals surface area (Å²) in [5.41, 5.74) is 3.21. The lowest BCUT2D eigenvalue weighted by molar-refractivity contribution is -0.364. The minimum atomic E-state index is -0.274. The lowest BCUT2D eigenvalue weighted by atomic mass is 10.3. The number of rotatable bonds is 3. The van der Waals surface area contributed by atoms with E-state index < -0.39 is 0 Å². The molecule has 0 aliphatic heterocycles. The molecule has 6 nitrogen and oxygen atoms in total.